The summed E-state index contributed by atoms with van der Waals surface area (Å²) in [5.74, 6) is -0.0408. The highest BCUT2D eigenvalue weighted by Crippen LogP contribution is 2.60. The summed E-state index contributed by atoms with van der Waals surface area (Å²) < 4.78 is 0. The molecule has 4 N–H and O–H groups in total. The number of benzene rings is 1. The topological polar surface area (TPSA) is 104 Å². The van der Waals surface area contributed by atoms with Gasteiger partial charge in [0.2, 0.25) is 0 Å². The molecular weight excluding hydrogens is 291 g/mol. The molecule has 0 atom stereocenters. The van der Waals surface area contributed by atoms with Gasteiger partial charge in [0, 0.05) is 52.4 Å². The Morgan fingerprint density at radius 2 is 1.33 bits per heavy atom. The standard InChI is InChI=1S/C15H25O5P/c16-6-1-9-21(10-2-7-17,11-3-8-18)15-12-13(19)4-5-14(15)20/h4-5,12,16-18H,1-3,6-11H2,(H-,19,20). The van der Waals surface area contributed by atoms with Crippen LogP contribution in [0.15, 0.2) is 18.2 Å². The van der Waals surface area contributed by atoms with Crippen LogP contribution in [-0.2, 0) is 0 Å². The molecule has 0 bridgehead atoms. The van der Waals surface area contributed by atoms with Gasteiger partial charge in [0.25, 0.3) is 0 Å². The van der Waals surface area contributed by atoms with Gasteiger partial charge in [-0.25, -0.2) is 0 Å². The highest BCUT2D eigenvalue weighted by molar-refractivity contribution is 7.83. The molecule has 0 aliphatic carbocycles. The minimum absolute atomic E-state index is 0.0486. The molecule has 0 heterocycles. The fraction of sp³-hybridized carbons (Fsp3) is 0.600. The third-order valence-corrected chi connectivity index (χ3v) is 8.57. The molecule has 0 radical (unpaired) electrons. The van der Waals surface area contributed by atoms with E-state index in [0.29, 0.717) is 43.1 Å². The van der Waals surface area contributed by atoms with Gasteiger partial charge in [-0.05, 0) is 6.07 Å². The van der Waals surface area contributed by atoms with Gasteiger partial charge in [-0.2, -0.15) is 0 Å². The molecule has 0 unspecified atom stereocenters. The first-order chi connectivity index (χ1) is 10.1. The van der Waals surface area contributed by atoms with E-state index in [-0.39, 0.29) is 31.3 Å². The number of phenols is 1. The van der Waals surface area contributed by atoms with E-state index in [0.717, 1.165) is 0 Å². The molecule has 1 rings (SSSR count). The van der Waals surface area contributed by atoms with Crippen LogP contribution in [0.1, 0.15) is 19.3 Å². The van der Waals surface area contributed by atoms with Crippen LogP contribution in [-0.4, -0.2) is 58.7 Å². The van der Waals surface area contributed by atoms with E-state index in [2.05, 4.69) is 0 Å². The van der Waals surface area contributed by atoms with E-state index in [1.165, 1.54) is 18.2 Å². The average molecular weight is 316 g/mol. The van der Waals surface area contributed by atoms with Crippen LogP contribution in [0, 0.1) is 0 Å². The van der Waals surface area contributed by atoms with Gasteiger partial charge in [-0.15, -0.1) is 0 Å². The largest absolute Gasteiger partial charge is 0.870 e. The Morgan fingerprint density at radius 3 is 1.76 bits per heavy atom. The van der Waals surface area contributed by atoms with Crippen molar-refractivity contribution < 1.29 is 25.5 Å². The van der Waals surface area contributed by atoms with Crippen molar-refractivity contribution in [1.29, 1.82) is 0 Å². The molecule has 0 spiro atoms. The number of aromatic hydroxyl groups is 1. The van der Waals surface area contributed by atoms with Gasteiger partial charge >= 0.3 is 0 Å². The number of aliphatic hydroxyl groups excluding tert-OH is 3. The second kappa shape index (κ2) is 9.21. The van der Waals surface area contributed by atoms with Crippen molar-refractivity contribution in [1.82, 2.24) is 0 Å². The third-order valence-electron chi connectivity index (χ3n) is 3.69. The maximum Gasteiger partial charge on any atom is 0.119 e. The van der Waals surface area contributed by atoms with Crippen molar-refractivity contribution >= 4 is 12.6 Å². The van der Waals surface area contributed by atoms with Crippen molar-refractivity contribution in [2.24, 2.45) is 0 Å². The second-order valence-corrected chi connectivity index (χ2v) is 9.31. The van der Waals surface area contributed by atoms with Crippen LogP contribution in [0.2, 0.25) is 0 Å². The molecule has 0 saturated heterocycles. The Morgan fingerprint density at radius 1 is 0.857 bits per heavy atom. The summed E-state index contributed by atoms with van der Waals surface area (Å²) in [6.45, 7) is 0.146. The fourth-order valence-corrected chi connectivity index (χ4v) is 7.28. The number of aliphatic hydroxyl groups is 3. The van der Waals surface area contributed by atoms with Crippen LogP contribution in [0.3, 0.4) is 0 Å². The molecule has 0 aliphatic heterocycles. The highest BCUT2D eigenvalue weighted by atomic mass is 31.2. The molecule has 5 nitrogen and oxygen atoms in total. The van der Waals surface area contributed by atoms with Gasteiger partial charge in [-0.3, -0.25) is 0 Å². The van der Waals surface area contributed by atoms with E-state index < -0.39 is 7.26 Å². The first kappa shape index (κ1) is 18.2. The molecule has 1 aromatic carbocycles. The zero-order chi connectivity index (χ0) is 15.7. The quantitative estimate of drug-likeness (QED) is 0.464. The van der Waals surface area contributed by atoms with Crippen LogP contribution in [0.4, 0.5) is 0 Å². The summed E-state index contributed by atoms with van der Waals surface area (Å²) in [7, 11) is -1.92. The second-order valence-electron chi connectivity index (χ2n) is 5.20. The van der Waals surface area contributed by atoms with Gasteiger partial charge in [0.05, 0.1) is 23.8 Å². The Kier molecular flexibility index (Phi) is 7.97. The maximum absolute atomic E-state index is 12.2. The molecule has 0 fully saturated rings. The molecule has 6 heteroatoms. The summed E-state index contributed by atoms with van der Waals surface area (Å²) in [4.78, 5) is 0. The van der Waals surface area contributed by atoms with Crippen molar-refractivity contribution in [2.45, 2.75) is 19.3 Å². The molecule has 0 amide bonds. The first-order valence-electron chi connectivity index (χ1n) is 7.29. The molecule has 0 saturated carbocycles. The molecule has 21 heavy (non-hydrogen) atoms. The van der Waals surface area contributed by atoms with Crippen molar-refractivity contribution in [3.63, 3.8) is 0 Å². The molecule has 0 aromatic heterocycles. The van der Waals surface area contributed by atoms with Gasteiger partial charge < -0.3 is 25.5 Å². The van der Waals surface area contributed by atoms with Gasteiger partial charge in [0.1, 0.15) is 5.75 Å². The molecule has 1 aromatic rings. The number of phenolic OH excluding ortho intramolecular Hbond substituents is 1. The van der Waals surface area contributed by atoms with Crippen LogP contribution >= 0.6 is 7.26 Å². The lowest BCUT2D eigenvalue weighted by Crippen LogP contribution is -2.25. The lowest BCUT2D eigenvalue weighted by Gasteiger charge is -2.30. The zero-order valence-electron chi connectivity index (χ0n) is 12.2. The maximum atomic E-state index is 12.2. The highest BCUT2D eigenvalue weighted by Gasteiger charge is 2.39. The van der Waals surface area contributed by atoms with Crippen LogP contribution in [0.5, 0.6) is 11.5 Å². The number of rotatable bonds is 10. The summed E-state index contributed by atoms with van der Waals surface area (Å²) in [5.41, 5.74) is 0. The smallest absolute Gasteiger partial charge is 0.119 e. The molecule has 120 valence electrons. The number of hydrogen-bond donors (Lipinski definition) is 4. The van der Waals surface area contributed by atoms with Crippen molar-refractivity contribution in [2.75, 3.05) is 38.3 Å². The normalized spacial score (nSPS) is 11.8. The average Bonchev–Trinajstić information content (AvgIpc) is 2.49. The van der Waals surface area contributed by atoms with Crippen molar-refractivity contribution in [3.05, 3.63) is 18.2 Å². The first-order valence-corrected chi connectivity index (χ1v) is 9.63. The zero-order valence-corrected chi connectivity index (χ0v) is 13.1. The van der Waals surface area contributed by atoms with E-state index in [1.807, 2.05) is 0 Å². The Balaban J connectivity index is 3.19. The van der Waals surface area contributed by atoms with Crippen LogP contribution in [0.25, 0.3) is 0 Å². The van der Waals surface area contributed by atoms with E-state index in [1.54, 1.807) is 0 Å². The lowest BCUT2D eigenvalue weighted by molar-refractivity contribution is -0.266. The Labute approximate surface area is 126 Å². The third kappa shape index (κ3) is 5.11. The summed E-state index contributed by atoms with van der Waals surface area (Å²) in [5, 5.41) is 50.0. The monoisotopic (exact) mass is 316 g/mol. The van der Waals surface area contributed by atoms with E-state index >= 15 is 0 Å². The minimum atomic E-state index is -1.92. The van der Waals surface area contributed by atoms with Crippen LogP contribution < -0.4 is 10.4 Å². The van der Waals surface area contributed by atoms with E-state index in [4.69, 9.17) is 15.3 Å². The summed E-state index contributed by atoms with van der Waals surface area (Å²) in [6, 6.07) is 4.28. The SMILES string of the molecule is [O-]c1ccc(O)cc1[P+](CCCO)(CCCO)CCCO. The van der Waals surface area contributed by atoms with E-state index in [9.17, 15) is 10.2 Å². The van der Waals surface area contributed by atoms with Crippen molar-refractivity contribution in [3.8, 4) is 11.5 Å². The Bertz CT molecular complexity index is 403. The molecule has 0 aliphatic rings. The predicted octanol–water partition coefficient (Wildman–Crippen LogP) is 0.256. The van der Waals surface area contributed by atoms with Gasteiger partial charge in [-0.1, -0.05) is 11.8 Å². The Hall–Kier alpha value is -0.870. The summed E-state index contributed by atoms with van der Waals surface area (Å²) >= 11 is 0. The fourth-order valence-electron chi connectivity index (χ4n) is 2.69. The molecular formula is C15H25O5P. The van der Waals surface area contributed by atoms with Gasteiger partial charge in [0.15, 0.2) is 0 Å². The minimum Gasteiger partial charge on any atom is -0.870 e. The lowest BCUT2D eigenvalue weighted by atomic mass is 10.3. The number of hydrogen-bond acceptors (Lipinski definition) is 5. The summed E-state index contributed by atoms with van der Waals surface area (Å²) in [6.07, 6.45) is 3.84. The predicted molar refractivity (Wildman–Crippen MR) is 83.8 cm³/mol.